The number of imidazole rings is 1. The van der Waals surface area contributed by atoms with Crippen molar-refractivity contribution in [3.8, 4) is 11.4 Å². The molecule has 0 saturated heterocycles. The molecule has 0 aliphatic heterocycles. The minimum atomic E-state index is -4.52. The Hall–Kier alpha value is -2.83. The highest BCUT2D eigenvalue weighted by molar-refractivity contribution is 5.88. The summed E-state index contributed by atoms with van der Waals surface area (Å²) < 4.78 is 40.7. The molecule has 0 aliphatic carbocycles. The highest BCUT2D eigenvalue weighted by Crippen LogP contribution is 2.36. The maximum absolute atomic E-state index is 13.1. The molecule has 0 aliphatic rings. The van der Waals surface area contributed by atoms with Crippen molar-refractivity contribution in [2.24, 2.45) is 0 Å². The van der Waals surface area contributed by atoms with E-state index >= 15 is 0 Å². The number of pyridine rings is 1. The van der Waals surface area contributed by atoms with Crippen molar-refractivity contribution in [1.29, 1.82) is 0 Å². The van der Waals surface area contributed by atoms with Gasteiger partial charge in [0.15, 0.2) is 0 Å². The van der Waals surface area contributed by atoms with Crippen molar-refractivity contribution < 1.29 is 23.1 Å². The van der Waals surface area contributed by atoms with Gasteiger partial charge in [0, 0.05) is 11.8 Å². The molecule has 1 N–H and O–H groups in total. The molecule has 4 nitrogen and oxygen atoms in total. The van der Waals surface area contributed by atoms with Gasteiger partial charge >= 0.3 is 12.1 Å². The van der Waals surface area contributed by atoms with Crippen LogP contribution in [0.5, 0.6) is 0 Å². The second-order valence-electron chi connectivity index (χ2n) is 4.64. The van der Waals surface area contributed by atoms with E-state index in [2.05, 4.69) is 4.98 Å². The fraction of sp³-hybridized carbons (Fsp3) is 0.0667. The van der Waals surface area contributed by atoms with Crippen LogP contribution < -0.4 is 0 Å². The van der Waals surface area contributed by atoms with E-state index in [1.54, 1.807) is 0 Å². The summed E-state index contributed by atoms with van der Waals surface area (Å²) in [5.41, 5.74) is -0.436. The molecule has 0 fully saturated rings. The Morgan fingerprint density at radius 2 is 1.86 bits per heavy atom. The Morgan fingerprint density at radius 1 is 1.14 bits per heavy atom. The number of rotatable bonds is 2. The van der Waals surface area contributed by atoms with Gasteiger partial charge in [0.1, 0.15) is 5.82 Å². The molecule has 3 aromatic rings. The molecule has 0 spiro atoms. The topological polar surface area (TPSA) is 54.6 Å². The molecule has 2 heterocycles. The zero-order valence-corrected chi connectivity index (χ0v) is 11.0. The van der Waals surface area contributed by atoms with E-state index in [1.165, 1.54) is 47.1 Å². The molecule has 112 valence electrons. The van der Waals surface area contributed by atoms with Gasteiger partial charge in [0.05, 0.1) is 22.8 Å². The Labute approximate surface area is 122 Å². The van der Waals surface area contributed by atoms with Crippen molar-refractivity contribution in [2.75, 3.05) is 0 Å². The smallest absolute Gasteiger partial charge is 0.417 e. The summed E-state index contributed by atoms with van der Waals surface area (Å²) >= 11 is 0. The SMILES string of the molecule is O=C(O)c1ccc2cnc(-c3ccccc3C(F)(F)F)n2c1. The monoisotopic (exact) mass is 306 g/mol. The van der Waals surface area contributed by atoms with Crippen LogP contribution in [0, 0.1) is 0 Å². The second-order valence-corrected chi connectivity index (χ2v) is 4.64. The lowest BCUT2D eigenvalue weighted by molar-refractivity contribution is -0.137. The number of aromatic nitrogens is 2. The van der Waals surface area contributed by atoms with E-state index in [4.69, 9.17) is 5.11 Å². The first kappa shape index (κ1) is 14.1. The normalized spacial score (nSPS) is 11.8. The number of halogens is 3. The molecular formula is C15H9F3N2O2. The van der Waals surface area contributed by atoms with Crippen LogP contribution in [0.3, 0.4) is 0 Å². The Morgan fingerprint density at radius 3 is 2.55 bits per heavy atom. The first-order valence-corrected chi connectivity index (χ1v) is 6.25. The molecule has 0 saturated carbocycles. The molecule has 0 radical (unpaired) electrons. The van der Waals surface area contributed by atoms with E-state index in [-0.39, 0.29) is 17.0 Å². The maximum atomic E-state index is 13.1. The molecule has 0 unspecified atom stereocenters. The largest absolute Gasteiger partial charge is 0.478 e. The summed E-state index contributed by atoms with van der Waals surface area (Å²) in [7, 11) is 0. The summed E-state index contributed by atoms with van der Waals surface area (Å²) in [6.45, 7) is 0. The van der Waals surface area contributed by atoms with Crippen molar-refractivity contribution in [2.45, 2.75) is 6.18 Å². The van der Waals surface area contributed by atoms with E-state index in [9.17, 15) is 18.0 Å². The van der Waals surface area contributed by atoms with Crippen LogP contribution in [-0.2, 0) is 6.18 Å². The van der Waals surface area contributed by atoms with Crippen LogP contribution in [0.15, 0.2) is 48.8 Å². The third-order valence-electron chi connectivity index (χ3n) is 3.25. The van der Waals surface area contributed by atoms with Gasteiger partial charge in [-0.15, -0.1) is 0 Å². The molecule has 7 heteroatoms. The van der Waals surface area contributed by atoms with Crippen molar-refractivity contribution >= 4 is 11.5 Å². The number of benzene rings is 1. The van der Waals surface area contributed by atoms with Crippen LogP contribution in [-0.4, -0.2) is 20.5 Å². The standard InChI is InChI=1S/C15H9F3N2O2/c16-15(17,18)12-4-2-1-3-11(12)13-19-7-10-6-5-9(14(21)22)8-20(10)13/h1-8H,(H,21,22). The molecule has 3 rings (SSSR count). The van der Waals surface area contributed by atoms with Crippen molar-refractivity contribution in [3.63, 3.8) is 0 Å². The van der Waals surface area contributed by atoms with Crippen LogP contribution in [0.1, 0.15) is 15.9 Å². The lowest BCUT2D eigenvalue weighted by atomic mass is 10.1. The minimum Gasteiger partial charge on any atom is -0.478 e. The Balaban J connectivity index is 2.27. The summed E-state index contributed by atoms with van der Waals surface area (Å²) in [6.07, 6.45) is -1.87. The lowest BCUT2D eigenvalue weighted by Gasteiger charge is -2.12. The molecule has 2 aromatic heterocycles. The third kappa shape index (κ3) is 2.30. The van der Waals surface area contributed by atoms with Gasteiger partial charge in [0.25, 0.3) is 0 Å². The molecule has 0 amide bonds. The maximum Gasteiger partial charge on any atom is 0.417 e. The quantitative estimate of drug-likeness (QED) is 0.785. The Kier molecular flexibility index (Phi) is 3.13. The molecule has 0 atom stereocenters. The zero-order chi connectivity index (χ0) is 15.9. The second kappa shape index (κ2) is 4.87. The first-order chi connectivity index (χ1) is 10.4. The van der Waals surface area contributed by atoms with Crippen LogP contribution in [0.4, 0.5) is 13.2 Å². The van der Waals surface area contributed by atoms with Crippen molar-refractivity contribution in [3.05, 3.63) is 59.9 Å². The number of carboxylic acids is 1. The van der Waals surface area contributed by atoms with Gasteiger partial charge in [-0.05, 0) is 18.2 Å². The average Bonchev–Trinajstić information content (AvgIpc) is 2.89. The highest BCUT2D eigenvalue weighted by atomic mass is 19.4. The van der Waals surface area contributed by atoms with Gasteiger partial charge in [0.2, 0.25) is 0 Å². The first-order valence-electron chi connectivity index (χ1n) is 6.25. The highest BCUT2D eigenvalue weighted by Gasteiger charge is 2.34. The average molecular weight is 306 g/mol. The molecule has 22 heavy (non-hydrogen) atoms. The number of aromatic carboxylic acids is 1. The number of carbonyl (C=O) groups is 1. The van der Waals surface area contributed by atoms with Crippen LogP contribution in [0.25, 0.3) is 16.9 Å². The summed E-state index contributed by atoms with van der Waals surface area (Å²) in [6, 6.07) is 7.93. The molecular weight excluding hydrogens is 297 g/mol. The van der Waals surface area contributed by atoms with Gasteiger partial charge in [-0.25, -0.2) is 9.78 Å². The summed E-state index contributed by atoms with van der Waals surface area (Å²) in [5, 5.41) is 9.01. The molecule has 1 aromatic carbocycles. The molecule has 0 bridgehead atoms. The van der Waals surface area contributed by atoms with Gasteiger partial charge in [-0.3, -0.25) is 4.40 Å². The van der Waals surface area contributed by atoms with Gasteiger partial charge in [-0.1, -0.05) is 18.2 Å². The summed E-state index contributed by atoms with van der Waals surface area (Å²) in [5.74, 6) is -1.11. The number of fused-ring (bicyclic) bond motifs is 1. The Bertz CT molecular complexity index is 869. The van der Waals surface area contributed by atoms with Gasteiger partial charge < -0.3 is 5.11 Å². The number of hydrogen-bond donors (Lipinski definition) is 1. The number of nitrogens with zero attached hydrogens (tertiary/aromatic N) is 2. The number of hydrogen-bond acceptors (Lipinski definition) is 2. The van der Waals surface area contributed by atoms with E-state index in [0.717, 1.165) is 6.07 Å². The number of carboxylic acid groups (broad SMARTS) is 1. The van der Waals surface area contributed by atoms with E-state index in [0.29, 0.717) is 5.52 Å². The predicted octanol–water partition coefficient (Wildman–Crippen LogP) is 3.72. The zero-order valence-electron chi connectivity index (χ0n) is 11.0. The third-order valence-corrected chi connectivity index (χ3v) is 3.25. The van der Waals surface area contributed by atoms with Crippen LogP contribution in [0.2, 0.25) is 0 Å². The fourth-order valence-electron chi connectivity index (χ4n) is 2.24. The minimum absolute atomic E-state index is 0.0313. The predicted molar refractivity (Wildman–Crippen MR) is 72.6 cm³/mol. The van der Waals surface area contributed by atoms with Gasteiger partial charge in [-0.2, -0.15) is 13.2 Å². The summed E-state index contributed by atoms with van der Waals surface area (Å²) in [4.78, 5) is 15.0. The fourth-order valence-corrected chi connectivity index (χ4v) is 2.24. The van der Waals surface area contributed by atoms with E-state index < -0.39 is 17.7 Å². The van der Waals surface area contributed by atoms with Crippen molar-refractivity contribution in [1.82, 2.24) is 9.38 Å². The number of alkyl halides is 3. The van der Waals surface area contributed by atoms with Crippen LogP contribution >= 0.6 is 0 Å². The lowest BCUT2D eigenvalue weighted by Crippen LogP contribution is -2.08. The van der Waals surface area contributed by atoms with E-state index in [1.807, 2.05) is 0 Å².